The number of benzene rings is 2. The van der Waals surface area contributed by atoms with E-state index in [9.17, 15) is 10.1 Å². The molecular formula is C24H27NO2. The van der Waals surface area contributed by atoms with Crippen LogP contribution in [0.2, 0.25) is 0 Å². The van der Waals surface area contributed by atoms with E-state index in [-0.39, 0.29) is 5.97 Å². The molecule has 0 saturated heterocycles. The van der Waals surface area contributed by atoms with Crippen molar-refractivity contribution >= 4 is 12.0 Å². The standard InChI is InChI=1S/C24H27NO2/c1-3-5-10-19(4-2)18-27-24(26)16-15-20-11-6-8-13-22(20)23-14-9-7-12-21(23)17-25/h6-9,11-16,19H,3-5,10,18H2,1-2H3. The fourth-order valence-electron chi connectivity index (χ4n) is 3.01. The summed E-state index contributed by atoms with van der Waals surface area (Å²) in [4.78, 5) is 12.1. The highest BCUT2D eigenvalue weighted by atomic mass is 16.5. The minimum atomic E-state index is -0.326. The topological polar surface area (TPSA) is 50.1 Å². The third-order valence-electron chi connectivity index (χ3n) is 4.70. The maximum Gasteiger partial charge on any atom is 0.330 e. The van der Waals surface area contributed by atoms with E-state index in [0.29, 0.717) is 18.1 Å². The lowest BCUT2D eigenvalue weighted by Crippen LogP contribution is -2.12. The maximum atomic E-state index is 12.1. The fourth-order valence-corrected chi connectivity index (χ4v) is 3.01. The number of carbonyl (C=O) groups is 1. The number of hydrogen-bond acceptors (Lipinski definition) is 3. The summed E-state index contributed by atoms with van der Waals surface area (Å²) in [7, 11) is 0. The van der Waals surface area contributed by atoms with Crippen LogP contribution in [0.1, 0.15) is 50.7 Å². The van der Waals surface area contributed by atoms with Crippen molar-refractivity contribution in [3.63, 3.8) is 0 Å². The quantitative estimate of drug-likeness (QED) is 0.407. The van der Waals surface area contributed by atoms with Crippen molar-refractivity contribution in [2.75, 3.05) is 6.61 Å². The summed E-state index contributed by atoms with van der Waals surface area (Å²) in [5, 5.41) is 9.35. The van der Waals surface area contributed by atoms with Crippen LogP contribution in [0, 0.1) is 17.2 Å². The molecule has 0 radical (unpaired) electrons. The number of esters is 1. The fraction of sp³-hybridized carbons (Fsp3) is 0.333. The SMILES string of the molecule is CCCCC(CC)COC(=O)C=Cc1ccccc1-c1ccccc1C#N. The lowest BCUT2D eigenvalue weighted by atomic mass is 9.95. The zero-order valence-corrected chi connectivity index (χ0v) is 16.2. The molecule has 0 bridgehead atoms. The Morgan fingerprint density at radius 2 is 1.81 bits per heavy atom. The summed E-state index contributed by atoms with van der Waals surface area (Å²) < 4.78 is 5.43. The molecule has 0 aromatic heterocycles. The summed E-state index contributed by atoms with van der Waals surface area (Å²) in [5.41, 5.74) is 3.28. The molecule has 3 nitrogen and oxygen atoms in total. The van der Waals surface area contributed by atoms with E-state index < -0.39 is 0 Å². The molecule has 0 fully saturated rings. The van der Waals surface area contributed by atoms with Crippen LogP contribution in [0.25, 0.3) is 17.2 Å². The lowest BCUT2D eigenvalue weighted by Gasteiger charge is -2.13. The third-order valence-corrected chi connectivity index (χ3v) is 4.70. The van der Waals surface area contributed by atoms with Gasteiger partial charge in [0.25, 0.3) is 0 Å². The molecule has 2 aromatic rings. The Morgan fingerprint density at radius 3 is 2.52 bits per heavy atom. The van der Waals surface area contributed by atoms with Gasteiger partial charge in [0.2, 0.25) is 0 Å². The van der Waals surface area contributed by atoms with Crippen LogP contribution in [-0.2, 0) is 9.53 Å². The van der Waals surface area contributed by atoms with Crippen molar-refractivity contribution in [1.29, 1.82) is 5.26 Å². The van der Waals surface area contributed by atoms with Crippen molar-refractivity contribution < 1.29 is 9.53 Å². The van der Waals surface area contributed by atoms with Crippen LogP contribution in [0.4, 0.5) is 0 Å². The Morgan fingerprint density at radius 1 is 1.11 bits per heavy atom. The highest BCUT2D eigenvalue weighted by Gasteiger charge is 2.10. The first kappa shape index (κ1) is 20.5. The minimum absolute atomic E-state index is 0.326. The van der Waals surface area contributed by atoms with Crippen molar-refractivity contribution in [2.45, 2.75) is 39.5 Å². The first-order chi connectivity index (χ1) is 13.2. The van der Waals surface area contributed by atoms with Crippen LogP contribution in [0.15, 0.2) is 54.6 Å². The predicted octanol–water partition coefficient (Wildman–Crippen LogP) is 6.00. The average molecular weight is 361 g/mol. The van der Waals surface area contributed by atoms with E-state index in [0.717, 1.165) is 42.4 Å². The normalized spacial score (nSPS) is 11.9. The van der Waals surface area contributed by atoms with E-state index in [2.05, 4.69) is 19.9 Å². The number of carbonyl (C=O) groups excluding carboxylic acids is 1. The average Bonchev–Trinajstić information content (AvgIpc) is 2.72. The van der Waals surface area contributed by atoms with Crippen LogP contribution in [0.3, 0.4) is 0 Å². The van der Waals surface area contributed by atoms with Crippen LogP contribution in [-0.4, -0.2) is 12.6 Å². The molecular weight excluding hydrogens is 334 g/mol. The van der Waals surface area contributed by atoms with Gasteiger partial charge in [0.15, 0.2) is 0 Å². The largest absolute Gasteiger partial charge is 0.462 e. The van der Waals surface area contributed by atoms with Gasteiger partial charge in [0.05, 0.1) is 18.2 Å². The third kappa shape index (κ3) is 6.11. The molecule has 1 unspecified atom stereocenters. The molecule has 140 valence electrons. The van der Waals surface area contributed by atoms with Crippen LogP contribution >= 0.6 is 0 Å². The summed E-state index contributed by atoms with van der Waals surface area (Å²) in [6.07, 6.45) is 7.67. The van der Waals surface area contributed by atoms with Crippen LogP contribution < -0.4 is 0 Å². The Labute approximate surface area is 162 Å². The molecule has 0 N–H and O–H groups in total. The second kappa shape index (κ2) is 11.0. The maximum absolute atomic E-state index is 12.1. The second-order valence-electron chi connectivity index (χ2n) is 6.62. The van der Waals surface area contributed by atoms with Gasteiger partial charge < -0.3 is 4.74 Å². The van der Waals surface area contributed by atoms with Gasteiger partial charge in [0.1, 0.15) is 0 Å². The smallest absolute Gasteiger partial charge is 0.330 e. The van der Waals surface area contributed by atoms with Gasteiger partial charge in [0, 0.05) is 11.6 Å². The number of nitriles is 1. The predicted molar refractivity (Wildman–Crippen MR) is 110 cm³/mol. The van der Waals surface area contributed by atoms with E-state index in [1.807, 2.05) is 42.5 Å². The monoisotopic (exact) mass is 361 g/mol. The Balaban J connectivity index is 2.09. The van der Waals surface area contributed by atoms with Gasteiger partial charge in [-0.25, -0.2) is 4.79 Å². The number of ether oxygens (including phenoxy) is 1. The highest BCUT2D eigenvalue weighted by Crippen LogP contribution is 2.27. The molecule has 0 aliphatic rings. The molecule has 3 heteroatoms. The van der Waals surface area contributed by atoms with E-state index >= 15 is 0 Å². The number of unbranched alkanes of at least 4 members (excludes halogenated alkanes) is 1. The second-order valence-corrected chi connectivity index (χ2v) is 6.62. The van der Waals surface area contributed by atoms with Crippen molar-refractivity contribution in [3.8, 4) is 17.2 Å². The molecule has 2 aromatic carbocycles. The van der Waals surface area contributed by atoms with Gasteiger partial charge in [-0.15, -0.1) is 0 Å². The van der Waals surface area contributed by atoms with Gasteiger partial charge in [-0.2, -0.15) is 5.26 Å². The Bertz CT molecular complexity index is 817. The van der Waals surface area contributed by atoms with E-state index in [1.165, 1.54) is 6.08 Å². The molecule has 0 amide bonds. The molecule has 0 aliphatic carbocycles. The Kier molecular flexibility index (Phi) is 8.32. The first-order valence-corrected chi connectivity index (χ1v) is 9.62. The van der Waals surface area contributed by atoms with Crippen molar-refractivity contribution in [2.24, 2.45) is 5.92 Å². The molecule has 0 saturated carbocycles. The van der Waals surface area contributed by atoms with Gasteiger partial charge in [-0.3, -0.25) is 0 Å². The van der Waals surface area contributed by atoms with E-state index in [4.69, 9.17) is 4.74 Å². The number of hydrogen-bond donors (Lipinski definition) is 0. The molecule has 27 heavy (non-hydrogen) atoms. The summed E-state index contributed by atoms with van der Waals surface area (Å²) in [6, 6.07) is 17.4. The molecule has 1 atom stereocenters. The van der Waals surface area contributed by atoms with Gasteiger partial charge >= 0.3 is 5.97 Å². The van der Waals surface area contributed by atoms with Crippen molar-refractivity contribution in [1.82, 2.24) is 0 Å². The summed E-state index contributed by atoms with van der Waals surface area (Å²) in [6.45, 7) is 4.77. The van der Waals surface area contributed by atoms with Crippen LogP contribution in [0.5, 0.6) is 0 Å². The summed E-state index contributed by atoms with van der Waals surface area (Å²) >= 11 is 0. The lowest BCUT2D eigenvalue weighted by molar-refractivity contribution is -0.139. The van der Waals surface area contributed by atoms with Gasteiger partial charge in [-0.05, 0) is 35.6 Å². The number of nitrogens with zero attached hydrogens (tertiary/aromatic N) is 1. The molecule has 2 rings (SSSR count). The zero-order chi connectivity index (χ0) is 19.5. The molecule has 0 heterocycles. The van der Waals surface area contributed by atoms with Crippen molar-refractivity contribution in [3.05, 3.63) is 65.7 Å². The minimum Gasteiger partial charge on any atom is -0.462 e. The van der Waals surface area contributed by atoms with Gasteiger partial charge in [-0.1, -0.05) is 75.6 Å². The molecule has 0 aliphatic heterocycles. The molecule has 0 spiro atoms. The number of rotatable bonds is 9. The van der Waals surface area contributed by atoms with E-state index in [1.54, 1.807) is 12.1 Å². The first-order valence-electron chi connectivity index (χ1n) is 9.62. The Hall–Kier alpha value is -2.86. The highest BCUT2D eigenvalue weighted by molar-refractivity contribution is 5.89. The zero-order valence-electron chi connectivity index (χ0n) is 16.2. The summed E-state index contributed by atoms with van der Waals surface area (Å²) in [5.74, 6) is 0.102.